The maximum atomic E-state index is 13.0. The SMILES string of the molecule is CCOc1ccccc1NC(=O)N1CCc2nc(-c3ccccc3)nc(N(C)C)c2C1. The van der Waals surface area contributed by atoms with Crippen LogP contribution in [0.3, 0.4) is 0 Å². The molecule has 0 saturated heterocycles. The van der Waals surface area contributed by atoms with Gasteiger partial charge in [0.15, 0.2) is 5.82 Å². The summed E-state index contributed by atoms with van der Waals surface area (Å²) in [6.07, 6.45) is 0.680. The van der Waals surface area contributed by atoms with Crippen LogP contribution in [0.15, 0.2) is 54.6 Å². The second-order valence-corrected chi connectivity index (χ2v) is 7.59. The lowest BCUT2D eigenvalue weighted by Gasteiger charge is -2.31. The molecular formula is C24H27N5O2. The minimum Gasteiger partial charge on any atom is -0.492 e. The van der Waals surface area contributed by atoms with E-state index in [1.54, 1.807) is 4.90 Å². The highest BCUT2D eigenvalue weighted by molar-refractivity contribution is 5.91. The van der Waals surface area contributed by atoms with Crippen LogP contribution in [0.1, 0.15) is 18.2 Å². The zero-order chi connectivity index (χ0) is 21.8. The van der Waals surface area contributed by atoms with Gasteiger partial charge in [0.05, 0.1) is 24.5 Å². The Morgan fingerprint density at radius 1 is 1.10 bits per heavy atom. The van der Waals surface area contributed by atoms with Crippen molar-refractivity contribution in [1.29, 1.82) is 0 Å². The van der Waals surface area contributed by atoms with Crippen molar-refractivity contribution in [1.82, 2.24) is 14.9 Å². The number of rotatable bonds is 5. The Labute approximate surface area is 182 Å². The monoisotopic (exact) mass is 417 g/mol. The highest BCUT2D eigenvalue weighted by atomic mass is 16.5. The minimum atomic E-state index is -0.158. The van der Waals surface area contributed by atoms with Crippen LogP contribution in [-0.2, 0) is 13.0 Å². The van der Waals surface area contributed by atoms with Crippen molar-refractivity contribution in [3.63, 3.8) is 0 Å². The Hall–Kier alpha value is -3.61. The lowest BCUT2D eigenvalue weighted by molar-refractivity contribution is 0.205. The first-order chi connectivity index (χ1) is 15.1. The summed E-state index contributed by atoms with van der Waals surface area (Å²) >= 11 is 0. The Morgan fingerprint density at radius 3 is 2.58 bits per heavy atom. The molecular weight excluding hydrogens is 390 g/mol. The molecule has 0 saturated carbocycles. The Morgan fingerprint density at radius 2 is 1.84 bits per heavy atom. The van der Waals surface area contributed by atoms with Crippen molar-refractivity contribution in [2.45, 2.75) is 19.9 Å². The van der Waals surface area contributed by atoms with Crippen molar-refractivity contribution < 1.29 is 9.53 Å². The van der Waals surface area contributed by atoms with Gasteiger partial charge in [0, 0.05) is 38.2 Å². The molecule has 1 aliphatic rings. The predicted molar refractivity (Wildman–Crippen MR) is 123 cm³/mol. The molecule has 0 radical (unpaired) electrons. The van der Waals surface area contributed by atoms with Gasteiger partial charge in [0.2, 0.25) is 0 Å². The molecule has 1 aromatic heterocycles. The molecule has 160 valence electrons. The van der Waals surface area contributed by atoms with Crippen molar-refractivity contribution in [2.75, 3.05) is 37.5 Å². The largest absolute Gasteiger partial charge is 0.492 e. The number of hydrogen-bond acceptors (Lipinski definition) is 5. The van der Waals surface area contributed by atoms with Crippen LogP contribution in [0.5, 0.6) is 5.75 Å². The molecule has 31 heavy (non-hydrogen) atoms. The van der Waals surface area contributed by atoms with Gasteiger partial charge in [-0.25, -0.2) is 14.8 Å². The van der Waals surface area contributed by atoms with E-state index < -0.39 is 0 Å². The molecule has 3 aromatic rings. The summed E-state index contributed by atoms with van der Waals surface area (Å²) < 4.78 is 5.63. The summed E-state index contributed by atoms with van der Waals surface area (Å²) in [6, 6.07) is 17.3. The van der Waals surface area contributed by atoms with E-state index in [1.807, 2.05) is 80.5 Å². The lowest BCUT2D eigenvalue weighted by Crippen LogP contribution is -2.40. The molecule has 7 heteroatoms. The van der Waals surface area contributed by atoms with E-state index in [1.165, 1.54) is 0 Å². The van der Waals surface area contributed by atoms with E-state index in [9.17, 15) is 4.79 Å². The maximum Gasteiger partial charge on any atom is 0.322 e. The average molecular weight is 418 g/mol. The molecule has 7 nitrogen and oxygen atoms in total. The number of carbonyl (C=O) groups excluding carboxylic acids is 1. The Bertz CT molecular complexity index is 1070. The van der Waals surface area contributed by atoms with Crippen LogP contribution in [-0.4, -0.2) is 48.1 Å². The molecule has 0 unspecified atom stereocenters. The molecule has 0 bridgehead atoms. The van der Waals surface area contributed by atoms with Gasteiger partial charge in [0.1, 0.15) is 11.6 Å². The summed E-state index contributed by atoms with van der Waals surface area (Å²) in [5.74, 6) is 2.23. The summed E-state index contributed by atoms with van der Waals surface area (Å²) in [4.78, 5) is 26.4. The van der Waals surface area contributed by atoms with Crippen LogP contribution in [0.2, 0.25) is 0 Å². The van der Waals surface area contributed by atoms with E-state index in [-0.39, 0.29) is 6.03 Å². The average Bonchev–Trinajstić information content (AvgIpc) is 2.80. The van der Waals surface area contributed by atoms with Crippen LogP contribution in [0.4, 0.5) is 16.3 Å². The van der Waals surface area contributed by atoms with E-state index >= 15 is 0 Å². The van der Waals surface area contributed by atoms with E-state index in [0.29, 0.717) is 43.4 Å². The number of fused-ring (bicyclic) bond motifs is 1. The normalized spacial score (nSPS) is 12.8. The molecule has 2 aromatic carbocycles. The van der Waals surface area contributed by atoms with Gasteiger partial charge in [-0.05, 0) is 19.1 Å². The van der Waals surface area contributed by atoms with E-state index in [4.69, 9.17) is 14.7 Å². The van der Waals surface area contributed by atoms with E-state index in [2.05, 4.69) is 5.32 Å². The number of anilines is 2. The van der Waals surface area contributed by atoms with Crippen LogP contribution in [0.25, 0.3) is 11.4 Å². The van der Waals surface area contributed by atoms with Crippen molar-refractivity contribution in [3.05, 3.63) is 65.9 Å². The highest BCUT2D eigenvalue weighted by Crippen LogP contribution is 2.30. The topological polar surface area (TPSA) is 70.6 Å². The Balaban J connectivity index is 1.59. The second kappa shape index (κ2) is 9.04. The number of amides is 2. The first-order valence-electron chi connectivity index (χ1n) is 10.5. The molecule has 2 heterocycles. The maximum absolute atomic E-state index is 13.0. The number of benzene rings is 2. The molecule has 4 rings (SSSR count). The lowest BCUT2D eigenvalue weighted by atomic mass is 10.1. The summed E-state index contributed by atoms with van der Waals surface area (Å²) in [5.41, 5.74) is 3.64. The van der Waals surface area contributed by atoms with Crippen LogP contribution >= 0.6 is 0 Å². The molecule has 1 aliphatic heterocycles. The number of urea groups is 1. The van der Waals surface area contributed by atoms with Gasteiger partial charge in [-0.3, -0.25) is 0 Å². The summed E-state index contributed by atoms with van der Waals surface area (Å²) in [7, 11) is 3.93. The summed E-state index contributed by atoms with van der Waals surface area (Å²) in [6.45, 7) is 3.51. The van der Waals surface area contributed by atoms with Gasteiger partial charge in [-0.15, -0.1) is 0 Å². The number of hydrogen-bond donors (Lipinski definition) is 1. The molecule has 2 amide bonds. The van der Waals surface area contributed by atoms with Gasteiger partial charge < -0.3 is 19.9 Å². The Kier molecular flexibility index (Phi) is 6.02. The fraction of sp³-hybridized carbons (Fsp3) is 0.292. The van der Waals surface area contributed by atoms with Crippen LogP contribution < -0.4 is 15.0 Å². The predicted octanol–water partition coefficient (Wildman–Crippen LogP) is 4.20. The third-order valence-corrected chi connectivity index (χ3v) is 5.21. The first-order valence-corrected chi connectivity index (χ1v) is 10.5. The number of nitrogens with zero attached hydrogens (tertiary/aromatic N) is 4. The van der Waals surface area contributed by atoms with Gasteiger partial charge in [0.25, 0.3) is 0 Å². The van der Waals surface area contributed by atoms with Gasteiger partial charge >= 0.3 is 6.03 Å². The number of aromatic nitrogens is 2. The standard InChI is InChI=1S/C24H27N5O2/c1-4-31-21-13-9-8-12-20(21)26-24(30)29-15-14-19-18(16-29)23(28(2)3)27-22(25-19)17-10-6-5-7-11-17/h5-13H,4,14-16H2,1-3H3,(H,26,30). The smallest absolute Gasteiger partial charge is 0.322 e. The highest BCUT2D eigenvalue weighted by Gasteiger charge is 2.27. The zero-order valence-corrected chi connectivity index (χ0v) is 18.1. The molecule has 0 atom stereocenters. The third-order valence-electron chi connectivity index (χ3n) is 5.21. The number of nitrogens with one attached hydrogen (secondary N) is 1. The fourth-order valence-electron chi connectivity index (χ4n) is 3.70. The van der Waals surface area contributed by atoms with Crippen LogP contribution in [0, 0.1) is 0 Å². The fourth-order valence-corrected chi connectivity index (χ4v) is 3.70. The number of ether oxygens (including phenoxy) is 1. The van der Waals surface area contributed by atoms with E-state index in [0.717, 1.165) is 22.6 Å². The van der Waals surface area contributed by atoms with Crippen molar-refractivity contribution in [2.24, 2.45) is 0 Å². The van der Waals surface area contributed by atoms with Crippen molar-refractivity contribution in [3.8, 4) is 17.1 Å². The molecule has 0 spiro atoms. The molecule has 0 aliphatic carbocycles. The second-order valence-electron chi connectivity index (χ2n) is 7.59. The van der Waals surface area contributed by atoms with Crippen molar-refractivity contribution >= 4 is 17.5 Å². The number of para-hydroxylation sites is 2. The third kappa shape index (κ3) is 4.45. The van der Waals surface area contributed by atoms with Gasteiger partial charge in [-0.2, -0.15) is 0 Å². The molecule has 1 N–H and O–H groups in total. The minimum absolute atomic E-state index is 0.158. The molecule has 0 fully saturated rings. The quantitative estimate of drug-likeness (QED) is 0.674. The summed E-state index contributed by atoms with van der Waals surface area (Å²) in [5, 5.41) is 2.99. The van der Waals surface area contributed by atoms with Gasteiger partial charge in [-0.1, -0.05) is 42.5 Å². The zero-order valence-electron chi connectivity index (χ0n) is 18.1. The number of carbonyl (C=O) groups is 1. The first kappa shape index (κ1) is 20.7.